The number of nitrogens with zero attached hydrogens (tertiary/aromatic N) is 3. The third-order valence-electron chi connectivity index (χ3n) is 3.85. The molecule has 2 amide bonds. The predicted octanol–water partition coefficient (Wildman–Crippen LogP) is 1.72. The number of rotatable bonds is 3. The Kier molecular flexibility index (Phi) is 4.36. The van der Waals surface area contributed by atoms with E-state index in [4.69, 9.17) is 4.52 Å². The lowest BCUT2D eigenvalue weighted by Gasteiger charge is -2.36. The number of aromatic nitrogens is 1. The normalized spacial score (nSPS) is 14.8. The molecule has 0 unspecified atom stereocenters. The van der Waals surface area contributed by atoms with Gasteiger partial charge in [-0.25, -0.2) is 4.79 Å². The van der Waals surface area contributed by atoms with Crippen LogP contribution in [0.15, 0.2) is 34.9 Å². The van der Waals surface area contributed by atoms with Gasteiger partial charge in [0.15, 0.2) is 5.76 Å². The van der Waals surface area contributed by atoms with Gasteiger partial charge in [0.25, 0.3) is 0 Å². The van der Waals surface area contributed by atoms with Gasteiger partial charge in [0, 0.05) is 44.0 Å². The summed E-state index contributed by atoms with van der Waals surface area (Å²) in [5, 5.41) is 16.2. The van der Waals surface area contributed by atoms with Gasteiger partial charge in [0.05, 0.1) is 12.2 Å². The number of hydrogen-bond donors (Lipinski definition) is 2. The van der Waals surface area contributed by atoms with Crippen LogP contribution in [0, 0.1) is 6.92 Å². The number of phenols is 1. The first kappa shape index (κ1) is 15.2. The van der Waals surface area contributed by atoms with E-state index >= 15 is 0 Å². The van der Waals surface area contributed by atoms with Crippen LogP contribution in [0.4, 0.5) is 10.5 Å². The van der Waals surface area contributed by atoms with Gasteiger partial charge in [-0.1, -0.05) is 11.2 Å². The number of benzene rings is 1. The molecule has 1 aromatic carbocycles. The third kappa shape index (κ3) is 3.74. The first-order chi connectivity index (χ1) is 11.1. The number of carbonyl (C=O) groups is 1. The molecule has 0 radical (unpaired) electrons. The van der Waals surface area contributed by atoms with Crippen LogP contribution in [0.1, 0.15) is 11.5 Å². The van der Waals surface area contributed by atoms with Crippen LogP contribution < -0.4 is 10.2 Å². The third-order valence-corrected chi connectivity index (χ3v) is 3.85. The average molecular weight is 316 g/mol. The Morgan fingerprint density at radius 3 is 2.74 bits per heavy atom. The lowest BCUT2D eigenvalue weighted by Crippen LogP contribution is -2.51. The smallest absolute Gasteiger partial charge is 0.317 e. The molecule has 122 valence electrons. The van der Waals surface area contributed by atoms with Crippen molar-refractivity contribution < 1.29 is 14.4 Å². The Morgan fingerprint density at radius 1 is 1.30 bits per heavy atom. The molecule has 2 aromatic rings. The molecule has 0 atom stereocenters. The second kappa shape index (κ2) is 6.60. The van der Waals surface area contributed by atoms with Gasteiger partial charge < -0.3 is 24.7 Å². The summed E-state index contributed by atoms with van der Waals surface area (Å²) >= 11 is 0. The molecular formula is C16H20N4O3. The topological polar surface area (TPSA) is 81.8 Å². The lowest BCUT2D eigenvalue weighted by atomic mass is 10.2. The van der Waals surface area contributed by atoms with E-state index in [1.165, 1.54) is 0 Å². The minimum Gasteiger partial charge on any atom is -0.508 e. The molecule has 1 aromatic heterocycles. The molecule has 1 aliphatic rings. The first-order valence-electron chi connectivity index (χ1n) is 7.61. The Hall–Kier alpha value is -2.70. The van der Waals surface area contributed by atoms with E-state index in [9.17, 15) is 9.90 Å². The highest BCUT2D eigenvalue weighted by molar-refractivity contribution is 5.74. The van der Waals surface area contributed by atoms with Crippen LogP contribution in [0.5, 0.6) is 5.75 Å². The maximum atomic E-state index is 12.2. The zero-order chi connectivity index (χ0) is 16.2. The van der Waals surface area contributed by atoms with Gasteiger partial charge in [0.2, 0.25) is 0 Å². The fourth-order valence-electron chi connectivity index (χ4n) is 2.63. The van der Waals surface area contributed by atoms with Gasteiger partial charge in [-0.2, -0.15) is 0 Å². The van der Waals surface area contributed by atoms with Crippen molar-refractivity contribution >= 4 is 11.7 Å². The largest absolute Gasteiger partial charge is 0.508 e. The summed E-state index contributed by atoms with van der Waals surface area (Å²) < 4.78 is 5.07. The lowest BCUT2D eigenvalue weighted by molar-refractivity contribution is 0.192. The van der Waals surface area contributed by atoms with E-state index in [-0.39, 0.29) is 11.8 Å². The summed E-state index contributed by atoms with van der Waals surface area (Å²) in [6, 6.07) is 8.88. The summed E-state index contributed by atoms with van der Waals surface area (Å²) in [4.78, 5) is 16.1. The minimum atomic E-state index is -0.102. The van der Waals surface area contributed by atoms with E-state index in [0.29, 0.717) is 25.4 Å². The SMILES string of the molecule is Cc1cc(CNC(=O)N2CCN(c3cccc(O)c3)CC2)on1. The molecule has 0 spiro atoms. The quantitative estimate of drug-likeness (QED) is 0.901. The molecule has 1 fully saturated rings. The van der Waals surface area contributed by atoms with Crippen LogP contribution in [0.25, 0.3) is 0 Å². The number of amides is 2. The number of aromatic hydroxyl groups is 1. The molecule has 0 bridgehead atoms. The van der Waals surface area contributed by atoms with Gasteiger partial charge in [-0.05, 0) is 19.1 Å². The van der Waals surface area contributed by atoms with Crippen LogP contribution in [-0.2, 0) is 6.54 Å². The number of carbonyl (C=O) groups excluding carboxylic acids is 1. The highest BCUT2D eigenvalue weighted by Gasteiger charge is 2.21. The van der Waals surface area contributed by atoms with Crippen molar-refractivity contribution in [2.45, 2.75) is 13.5 Å². The van der Waals surface area contributed by atoms with Gasteiger partial charge in [0.1, 0.15) is 5.75 Å². The molecule has 23 heavy (non-hydrogen) atoms. The number of aryl methyl sites for hydroxylation is 1. The summed E-state index contributed by atoms with van der Waals surface area (Å²) in [6.07, 6.45) is 0. The molecule has 7 nitrogen and oxygen atoms in total. The van der Waals surface area contributed by atoms with Gasteiger partial charge >= 0.3 is 6.03 Å². The molecule has 2 N–H and O–H groups in total. The summed E-state index contributed by atoms with van der Waals surface area (Å²) in [6.45, 7) is 4.92. The molecule has 3 rings (SSSR count). The second-order valence-electron chi connectivity index (χ2n) is 5.59. The standard InChI is InChI=1S/C16H20N4O3/c1-12-9-15(23-18-12)11-17-16(22)20-7-5-19(6-8-20)13-3-2-4-14(21)10-13/h2-4,9-10,21H,5-8,11H2,1H3,(H,17,22). The number of nitrogens with one attached hydrogen (secondary N) is 1. The van der Waals surface area contributed by atoms with E-state index in [2.05, 4.69) is 15.4 Å². The maximum absolute atomic E-state index is 12.2. The van der Waals surface area contributed by atoms with Crippen LogP contribution in [-0.4, -0.2) is 47.4 Å². The number of hydrogen-bond acceptors (Lipinski definition) is 5. The van der Waals surface area contributed by atoms with E-state index in [1.54, 1.807) is 23.1 Å². The van der Waals surface area contributed by atoms with Crippen LogP contribution in [0.2, 0.25) is 0 Å². The first-order valence-corrected chi connectivity index (χ1v) is 7.61. The van der Waals surface area contributed by atoms with Crippen molar-refractivity contribution in [3.05, 3.63) is 41.8 Å². The van der Waals surface area contributed by atoms with E-state index in [1.807, 2.05) is 19.1 Å². The molecule has 7 heteroatoms. The monoisotopic (exact) mass is 316 g/mol. The maximum Gasteiger partial charge on any atom is 0.317 e. The number of phenolic OH excluding ortho intramolecular Hbond substituents is 1. The van der Waals surface area contributed by atoms with Crippen molar-refractivity contribution in [1.29, 1.82) is 0 Å². The van der Waals surface area contributed by atoms with E-state index in [0.717, 1.165) is 24.5 Å². The van der Waals surface area contributed by atoms with Crippen molar-refractivity contribution in [3.63, 3.8) is 0 Å². The molecular weight excluding hydrogens is 296 g/mol. The average Bonchev–Trinajstić information content (AvgIpc) is 2.98. The zero-order valence-electron chi connectivity index (χ0n) is 13.0. The van der Waals surface area contributed by atoms with E-state index < -0.39 is 0 Å². The minimum absolute atomic E-state index is 0.102. The molecule has 1 saturated heterocycles. The predicted molar refractivity (Wildman–Crippen MR) is 85.4 cm³/mol. The highest BCUT2D eigenvalue weighted by atomic mass is 16.5. The van der Waals surface area contributed by atoms with Crippen molar-refractivity contribution in [1.82, 2.24) is 15.4 Å². The van der Waals surface area contributed by atoms with Crippen LogP contribution in [0.3, 0.4) is 0 Å². The van der Waals surface area contributed by atoms with Gasteiger partial charge in [-0.15, -0.1) is 0 Å². The fraction of sp³-hybridized carbons (Fsp3) is 0.375. The zero-order valence-corrected chi connectivity index (χ0v) is 13.0. The molecule has 1 aliphatic heterocycles. The van der Waals surface area contributed by atoms with Crippen molar-refractivity contribution in [2.24, 2.45) is 0 Å². The summed E-state index contributed by atoms with van der Waals surface area (Å²) in [5.41, 5.74) is 1.77. The summed E-state index contributed by atoms with van der Waals surface area (Å²) in [7, 11) is 0. The molecule has 0 aliphatic carbocycles. The highest BCUT2D eigenvalue weighted by Crippen LogP contribution is 2.21. The van der Waals surface area contributed by atoms with Crippen LogP contribution >= 0.6 is 0 Å². The second-order valence-corrected chi connectivity index (χ2v) is 5.59. The Labute approximate surface area is 134 Å². The Balaban J connectivity index is 1.49. The van der Waals surface area contributed by atoms with Gasteiger partial charge in [-0.3, -0.25) is 0 Å². The Bertz CT molecular complexity index is 677. The number of anilines is 1. The van der Waals surface area contributed by atoms with Crippen molar-refractivity contribution in [2.75, 3.05) is 31.1 Å². The number of piperazine rings is 1. The molecule has 2 heterocycles. The fourth-order valence-corrected chi connectivity index (χ4v) is 2.63. The summed E-state index contributed by atoms with van der Waals surface area (Å²) in [5.74, 6) is 0.902. The Morgan fingerprint density at radius 2 is 2.09 bits per heavy atom. The molecule has 0 saturated carbocycles. The number of urea groups is 1. The van der Waals surface area contributed by atoms with Crippen molar-refractivity contribution in [3.8, 4) is 5.75 Å².